The lowest BCUT2D eigenvalue weighted by atomic mass is 10.0. The fraction of sp³-hybridized carbons (Fsp3) is 0.500. The third-order valence-corrected chi connectivity index (χ3v) is 5.48. The molecule has 8 heteroatoms. The molecule has 0 spiro atoms. The minimum Gasteiger partial charge on any atom is -0.497 e. The quantitative estimate of drug-likeness (QED) is 0.458. The summed E-state index contributed by atoms with van der Waals surface area (Å²) in [6.45, 7) is 7.56. The Morgan fingerprint density at radius 2 is 1.94 bits per heavy atom. The Morgan fingerprint density at radius 3 is 2.59 bits per heavy atom. The summed E-state index contributed by atoms with van der Waals surface area (Å²) in [5.74, 6) is 2.61. The normalized spacial score (nSPS) is 15.8. The van der Waals surface area contributed by atoms with Crippen LogP contribution in [-0.4, -0.2) is 76.4 Å². The van der Waals surface area contributed by atoms with Crippen molar-refractivity contribution in [3.05, 3.63) is 53.7 Å². The molecule has 1 unspecified atom stereocenters. The molecule has 2 N–H and O–H groups in total. The molecule has 0 saturated carbocycles. The zero-order valence-corrected chi connectivity index (χ0v) is 19.7. The third kappa shape index (κ3) is 6.83. The van der Waals surface area contributed by atoms with Crippen molar-refractivity contribution in [3.63, 3.8) is 0 Å². The Labute approximate surface area is 191 Å². The molecule has 0 bridgehead atoms. The van der Waals surface area contributed by atoms with Gasteiger partial charge in [-0.1, -0.05) is 12.1 Å². The fourth-order valence-corrected chi connectivity index (χ4v) is 3.68. The van der Waals surface area contributed by atoms with E-state index in [-0.39, 0.29) is 6.04 Å². The highest BCUT2D eigenvalue weighted by atomic mass is 16.5. The molecule has 8 nitrogen and oxygen atoms in total. The lowest BCUT2D eigenvalue weighted by Gasteiger charge is -2.35. The molecular formula is C24H36N6O2. The van der Waals surface area contributed by atoms with E-state index in [4.69, 9.17) is 14.5 Å². The maximum absolute atomic E-state index is 5.57. The molecule has 32 heavy (non-hydrogen) atoms. The Morgan fingerprint density at radius 1 is 1.19 bits per heavy atom. The summed E-state index contributed by atoms with van der Waals surface area (Å²) in [5, 5.41) is 6.92. The van der Waals surface area contributed by atoms with Crippen molar-refractivity contribution in [2.75, 3.05) is 65.5 Å². The number of hydrogen-bond acceptors (Lipinski definition) is 6. The molecule has 1 aliphatic heterocycles. The Bertz CT molecular complexity index is 850. The van der Waals surface area contributed by atoms with Crippen molar-refractivity contribution >= 4 is 11.8 Å². The van der Waals surface area contributed by atoms with Crippen LogP contribution in [-0.2, 0) is 11.3 Å². The van der Waals surface area contributed by atoms with Crippen LogP contribution >= 0.6 is 0 Å². The number of rotatable bonds is 9. The summed E-state index contributed by atoms with van der Waals surface area (Å²) in [4.78, 5) is 13.7. The molecule has 1 atom stereocenters. The predicted molar refractivity (Wildman–Crippen MR) is 130 cm³/mol. The predicted octanol–water partition coefficient (Wildman–Crippen LogP) is 2.28. The molecule has 1 fully saturated rings. The Hall–Kier alpha value is -2.84. The van der Waals surface area contributed by atoms with Crippen LogP contribution in [0.2, 0.25) is 0 Å². The number of hydrogen-bond donors (Lipinski definition) is 2. The lowest BCUT2D eigenvalue weighted by Crippen LogP contribution is -2.46. The van der Waals surface area contributed by atoms with Crippen molar-refractivity contribution in [1.82, 2.24) is 20.5 Å². The van der Waals surface area contributed by atoms with Crippen molar-refractivity contribution in [3.8, 4) is 5.75 Å². The maximum Gasteiger partial charge on any atom is 0.191 e. The third-order valence-electron chi connectivity index (χ3n) is 5.48. The topological polar surface area (TPSA) is 74.2 Å². The summed E-state index contributed by atoms with van der Waals surface area (Å²) in [7, 11) is 5.68. The van der Waals surface area contributed by atoms with Crippen molar-refractivity contribution in [1.29, 1.82) is 0 Å². The molecule has 3 rings (SSSR count). The number of nitrogens with zero attached hydrogens (tertiary/aromatic N) is 4. The van der Waals surface area contributed by atoms with Gasteiger partial charge in [-0.2, -0.15) is 0 Å². The number of morpholine rings is 1. The second-order valence-electron chi connectivity index (χ2n) is 7.93. The SMILES string of the molecule is CCNC(=NCc1ccnc(N(C)C)c1)NCC(c1ccc(OC)cc1)N1CCOCC1. The molecule has 2 aromatic rings. The van der Waals surface area contributed by atoms with Gasteiger partial charge in [-0.15, -0.1) is 0 Å². The van der Waals surface area contributed by atoms with E-state index >= 15 is 0 Å². The van der Waals surface area contributed by atoms with Crippen LogP contribution in [0.3, 0.4) is 0 Å². The summed E-state index contributed by atoms with van der Waals surface area (Å²) < 4.78 is 10.9. The summed E-state index contributed by atoms with van der Waals surface area (Å²) in [6, 6.07) is 12.6. The van der Waals surface area contributed by atoms with Crippen LogP contribution in [0, 0.1) is 0 Å². The average molecular weight is 441 g/mol. The van der Waals surface area contributed by atoms with Crippen LogP contribution in [0.1, 0.15) is 24.1 Å². The highest BCUT2D eigenvalue weighted by molar-refractivity contribution is 5.79. The van der Waals surface area contributed by atoms with Gasteiger partial charge in [0.1, 0.15) is 11.6 Å². The van der Waals surface area contributed by atoms with E-state index in [1.165, 1.54) is 5.56 Å². The molecule has 0 amide bonds. The largest absolute Gasteiger partial charge is 0.497 e. The minimum atomic E-state index is 0.218. The van der Waals surface area contributed by atoms with E-state index in [0.717, 1.165) is 62.5 Å². The molecule has 174 valence electrons. The average Bonchev–Trinajstić information content (AvgIpc) is 2.83. The van der Waals surface area contributed by atoms with Crippen LogP contribution in [0.15, 0.2) is 47.6 Å². The number of benzene rings is 1. The summed E-state index contributed by atoms with van der Waals surface area (Å²) in [6.07, 6.45) is 1.83. The van der Waals surface area contributed by atoms with E-state index in [1.807, 2.05) is 43.4 Å². The van der Waals surface area contributed by atoms with Gasteiger partial charge in [-0.3, -0.25) is 4.90 Å². The standard InChI is InChI=1S/C24H36N6O2/c1-5-25-24(27-17-19-10-11-26-23(16-19)29(2)3)28-18-22(30-12-14-32-15-13-30)20-6-8-21(31-4)9-7-20/h6-11,16,22H,5,12-15,17-18H2,1-4H3,(H2,25,27,28). The monoisotopic (exact) mass is 440 g/mol. The van der Waals surface area contributed by atoms with E-state index in [9.17, 15) is 0 Å². The van der Waals surface area contributed by atoms with E-state index in [1.54, 1.807) is 7.11 Å². The number of ether oxygens (including phenoxy) is 2. The van der Waals surface area contributed by atoms with Gasteiger partial charge in [-0.25, -0.2) is 9.98 Å². The first-order valence-electron chi connectivity index (χ1n) is 11.2. The number of pyridine rings is 1. The van der Waals surface area contributed by atoms with E-state index < -0.39 is 0 Å². The summed E-state index contributed by atoms with van der Waals surface area (Å²) >= 11 is 0. The molecular weight excluding hydrogens is 404 g/mol. The fourth-order valence-electron chi connectivity index (χ4n) is 3.68. The highest BCUT2D eigenvalue weighted by Crippen LogP contribution is 2.23. The van der Waals surface area contributed by atoms with Crippen LogP contribution in [0.25, 0.3) is 0 Å². The molecule has 1 aromatic heterocycles. The van der Waals surface area contributed by atoms with Crippen LogP contribution in [0.4, 0.5) is 5.82 Å². The Balaban J connectivity index is 1.71. The van der Waals surface area contributed by atoms with Gasteiger partial charge < -0.3 is 25.0 Å². The smallest absolute Gasteiger partial charge is 0.191 e. The Kier molecular flexibility index (Phi) is 9.13. The number of anilines is 1. The van der Waals surface area contributed by atoms with Crippen LogP contribution < -0.4 is 20.3 Å². The molecule has 0 radical (unpaired) electrons. The van der Waals surface area contributed by atoms with Gasteiger partial charge in [-0.05, 0) is 42.3 Å². The number of guanidine groups is 1. The van der Waals surface area contributed by atoms with Gasteiger partial charge in [0, 0.05) is 46.5 Å². The molecule has 1 aromatic carbocycles. The second kappa shape index (κ2) is 12.3. The number of aliphatic imine (C=N–C) groups is 1. The van der Waals surface area contributed by atoms with E-state index in [2.05, 4.69) is 45.6 Å². The first-order chi connectivity index (χ1) is 15.6. The summed E-state index contributed by atoms with van der Waals surface area (Å²) in [5.41, 5.74) is 2.38. The van der Waals surface area contributed by atoms with Gasteiger partial charge in [0.25, 0.3) is 0 Å². The van der Waals surface area contributed by atoms with Gasteiger partial charge in [0.15, 0.2) is 5.96 Å². The van der Waals surface area contributed by atoms with Gasteiger partial charge in [0.2, 0.25) is 0 Å². The minimum absolute atomic E-state index is 0.218. The van der Waals surface area contributed by atoms with Crippen LogP contribution in [0.5, 0.6) is 5.75 Å². The highest BCUT2D eigenvalue weighted by Gasteiger charge is 2.23. The van der Waals surface area contributed by atoms with Gasteiger partial charge >= 0.3 is 0 Å². The molecule has 1 saturated heterocycles. The van der Waals surface area contributed by atoms with Crippen molar-refractivity contribution < 1.29 is 9.47 Å². The zero-order chi connectivity index (χ0) is 22.8. The molecule has 0 aliphatic carbocycles. The second-order valence-corrected chi connectivity index (χ2v) is 7.93. The van der Waals surface area contributed by atoms with Crippen molar-refractivity contribution in [2.45, 2.75) is 19.5 Å². The zero-order valence-electron chi connectivity index (χ0n) is 19.7. The number of aromatic nitrogens is 1. The first kappa shape index (κ1) is 23.8. The molecule has 1 aliphatic rings. The van der Waals surface area contributed by atoms with Crippen molar-refractivity contribution in [2.24, 2.45) is 4.99 Å². The lowest BCUT2D eigenvalue weighted by molar-refractivity contribution is 0.0170. The van der Waals surface area contributed by atoms with Gasteiger partial charge in [0.05, 0.1) is 32.9 Å². The molecule has 2 heterocycles. The number of nitrogens with one attached hydrogen (secondary N) is 2. The number of methoxy groups -OCH3 is 1. The first-order valence-corrected chi connectivity index (χ1v) is 11.2. The van der Waals surface area contributed by atoms with E-state index in [0.29, 0.717) is 6.54 Å². The maximum atomic E-state index is 5.57.